The van der Waals surface area contributed by atoms with Crippen LogP contribution in [0, 0.1) is 75.3 Å². The number of halogens is 2. The van der Waals surface area contributed by atoms with E-state index in [-0.39, 0.29) is 45.4 Å². The van der Waals surface area contributed by atoms with Crippen LogP contribution in [0.15, 0.2) is 84.9 Å². The average molecular weight is 743 g/mol. The predicted molar refractivity (Wildman–Crippen MR) is 195 cm³/mol. The minimum atomic E-state index is -1.03. The summed E-state index contributed by atoms with van der Waals surface area (Å²) in [5.41, 5.74) is 2.14. The first-order valence-corrected chi connectivity index (χ1v) is 17.2. The number of hydrogen-bond donors (Lipinski definition) is 0. The van der Waals surface area contributed by atoms with Crippen LogP contribution in [0.5, 0.6) is 17.2 Å². The molecule has 2 aliphatic rings. The maximum atomic E-state index is 14.9. The molecule has 0 atom stereocenters. The average Bonchev–Trinajstić information content (AvgIpc) is 3.93. The van der Waals surface area contributed by atoms with Crippen LogP contribution in [-0.4, -0.2) is 18.5 Å². The zero-order valence-electron chi connectivity index (χ0n) is 28.9. The van der Waals surface area contributed by atoms with Crippen LogP contribution in [0.3, 0.4) is 0 Å². The van der Waals surface area contributed by atoms with Crippen molar-refractivity contribution in [3.63, 3.8) is 0 Å². The predicted octanol–water partition coefficient (Wildman–Crippen LogP) is 10.6. The first-order chi connectivity index (χ1) is 24.9. The molecule has 0 N–H and O–H groups in total. The van der Waals surface area contributed by atoms with Crippen molar-refractivity contribution in [1.82, 2.24) is 0 Å². The number of carbonyl (C=O) groups excluding carboxylic acids is 2. The molecule has 10 radical (unpaired) electrons. The molecule has 52 heavy (non-hydrogen) atoms. The number of rotatable bonds is 14. The minimum absolute atomic E-state index is 0. The van der Waals surface area contributed by atoms with Crippen LogP contribution in [-0.2, 0) is 17.1 Å². The molecule has 0 aliphatic heterocycles. The molecule has 2 aliphatic carbocycles. The molecule has 2 fully saturated rings. The second-order valence-corrected chi connectivity index (χ2v) is 11.9. The van der Waals surface area contributed by atoms with Gasteiger partial charge in [-0.15, -0.1) is 0 Å². The van der Waals surface area contributed by atoms with Crippen LogP contribution in [0.2, 0.25) is 0 Å². The van der Waals surface area contributed by atoms with E-state index in [0.717, 1.165) is 30.7 Å². The molecule has 0 spiro atoms. The molecule has 5 nitrogen and oxygen atoms in total. The number of benzene rings is 4. The Morgan fingerprint density at radius 1 is 0.538 bits per heavy atom. The summed E-state index contributed by atoms with van der Waals surface area (Å²) in [6.07, 6.45) is 24.3. The standard InChI is InChI=1S/C39H35F2O5.C5H5.Fe/c1-2-3-4-5-6-9-26-44-35-25-24-34(36(40)37(35)41)29-16-20-32(21-17-29)45-39(43)31-18-22-33(23-19-31)46-38(42)30-14-12-28(13-15-30)27-10-7-8-11-27;1-2-4-5-3-1;/h7-8,10-25H,2-6,9,26H2,1H3;1-5H;/q;;+2. The largest absolute Gasteiger partial charge is 2.00 e. The van der Waals surface area contributed by atoms with E-state index in [1.165, 1.54) is 67.8 Å². The molecule has 8 heteroatoms. The molecule has 0 amide bonds. The Morgan fingerprint density at radius 3 is 1.58 bits per heavy atom. The van der Waals surface area contributed by atoms with Gasteiger partial charge in [0.05, 0.1) is 17.7 Å². The molecule has 6 rings (SSSR count). The molecule has 2 saturated carbocycles. The fourth-order valence-electron chi connectivity index (χ4n) is 5.31. The van der Waals surface area contributed by atoms with Crippen molar-refractivity contribution < 1.29 is 49.6 Å². The van der Waals surface area contributed by atoms with E-state index in [2.05, 4.69) is 6.92 Å². The van der Waals surface area contributed by atoms with Crippen molar-refractivity contribution >= 4 is 11.9 Å². The fourth-order valence-corrected chi connectivity index (χ4v) is 5.31. The van der Waals surface area contributed by atoms with E-state index in [9.17, 15) is 18.4 Å². The van der Waals surface area contributed by atoms with Gasteiger partial charge in [-0.05, 0) is 136 Å². The molecule has 0 heterocycles. The zero-order chi connectivity index (χ0) is 35.8. The number of ether oxygens (including phenoxy) is 3. The van der Waals surface area contributed by atoms with Gasteiger partial charge >= 0.3 is 29.0 Å². The molecule has 266 valence electrons. The molecule has 0 saturated heterocycles. The van der Waals surface area contributed by atoms with E-state index in [4.69, 9.17) is 14.2 Å². The Bertz CT molecular complexity index is 1670. The first kappa shape index (κ1) is 40.8. The monoisotopic (exact) mass is 742 g/mol. The van der Waals surface area contributed by atoms with Crippen molar-refractivity contribution in [1.29, 1.82) is 0 Å². The second-order valence-electron chi connectivity index (χ2n) is 11.9. The summed E-state index contributed by atoms with van der Waals surface area (Å²) >= 11 is 0. The Kier molecular flexibility index (Phi) is 16.9. The Hall–Kier alpha value is -4.00. The molecule has 0 aromatic heterocycles. The van der Waals surface area contributed by atoms with Gasteiger partial charge < -0.3 is 14.2 Å². The Morgan fingerprint density at radius 2 is 1.02 bits per heavy atom. The van der Waals surface area contributed by atoms with Gasteiger partial charge in [-0.25, -0.2) is 14.0 Å². The Balaban J connectivity index is 0.000000928. The molecule has 0 bridgehead atoms. The van der Waals surface area contributed by atoms with E-state index >= 15 is 0 Å². The summed E-state index contributed by atoms with van der Waals surface area (Å²) < 4.78 is 46.0. The van der Waals surface area contributed by atoms with Gasteiger partial charge in [-0.3, -0.25) is 0 Å². The maximum absolute atomic E-state index is 14.9. The third-order valence-electron chi connectivity index (χ3n) is 8.15. The summed E-state index contributed by atoms with van der Waals surface area (Å²) in [6, 6.07) is 22.1. The number of unbranched alkanes of at least 4 members (excludes halogenated alkanes) is 5. The number of hydrogen-bond acceptors (Lipinski definition) is 5. The van der Waals surface area contributed by atoms with E-state index in [1.54, 1.807) is 24.3 Å². The third-order valence-corrected chi connectivity index (χ3v) is 8.15. The van der Waals surface area contributed by atoms with Gasteiger partial charge in [0, 0.05) is 11.5 Å². The molecule has 4 aromatic carbocycles. The van der Waals surface area contributed by atoms with Crippen molar-refractivity contribution in [2.75, 3.05) is 6.61 Å². The molecule has 4 aromatic rings. The van der Waals surface area contributed by atoms with Crippen molar-refractivity contribution in [2.45, 2.75) is 45.4 Å². The summed E-state index contributed by atoms with van der Waals surface area (Å²) in [6.45, 7) is 2.49. The first-order valence-electron chi connectivity index (χ1n) is 17.2. The summed E-state index contributed by atoms with van der Waals surface area (Å²) in [5, 5.41) is 0. The quantitative estimate of drug-likeness (QED) is 0.0557. The van der Waals surface area contributed by atoms with Crippen LogP contribution in [0.1, 0.15) is 71.7 Å². The van der Waals surface area contributed by atoms with E-state index in [0.29, 0.717) is 17.7 Å². The van der Waals surface area contributed by atoms with Crippen molar-refractivity contribution in [3.05, 3.63) is 177 Å². The molecular weight excluding hydrogens is 702 g/mol. The zero-order valence-corrected chi connectivity index (χ0v) is 30.0. The Labute approximate surface area is 317 Å². The number of carbonyl (C=O) groups is 2. The molecule has 0 unspecified atom stereocenters. The van der Waals surface area contributed by atoms with E-state index in [1.807, 2.05) is 69.9 Å². The number of esters is 2. The molecular formula is C44H40F2FeO5+2. The normalized spacial score (nSPS) is 13.8. The summed E-state index contributed by atoms with van der Waals surface area (Å²) in [7, 11) is 0. The fraction of sp³-hybridized carbons (Fsp3) is 0.182. The second kappa shape index (κ2) is 21.5. The van der Waals surface area contributed by atoms with Crippen LogP contribution in [0.4, 0.5) is 8.78 Å². The van der Waals surface area contributed by atoms with Gasteiger partial charge in [0.1, 0.15) is 11.5 Å². The summed E-state index contributed by atoms with van der Waals surface area (Å²) in [5.74, 6) is -1.70. The SMILES string of the molecule is CCCCCCCCOc1ccc(-c2ccc(OC(=O)c3ccc(OC(=O)c4ccc([C]5[CH][CH][CH][CH]5)cc4)cc3)cc2)c(F)c1F.[CH]1[CH][CH][CH][CH]1.[Fe+2]. The summed E-state index contributed by atoms with van der Waals surface area (Å²) in [4.78, 5) is 25.3. The van der Waals surface area contributed by atoms with Gasteiger partial charge in [0.25, 0.3) is 0 Å². The van der Waals surface area contributed by atoms with Gasteiger partial charge in [0.2, 0.25) is 5.82 Å². The van der Waals surface area contributed by atoms with Crippen molar-refractivity contribution in [3.8, 4) is 28.4 Å². The van der Waals surface area contributed by atoms with Gasteiger partial charge in [-0.1, -0.05) is 63.3 Å². The third kappa shape index (κ3) is 12.0. The van der Waals surface area contributed by atoms with Gasteiger partial charge in [0.15, 0.2) is 11.6 Å². The maximum Gasteiger partial charge on any atom is 2.00 e. The van der Waals surface area contributed by atoms with Crippen LogP contribution in [0.25, 0.3) is 11.1 Å². The van der Waals surface area contributed by atoms with Crippen molar-refractivity contribution in [2.24, 2.45) is 0 Å². The van der Waals surface area contributed by atoms with Gasteiger partial charge in [-0.2, -0.15) is 4.39 Å². The van der Waals surface area contributed by atoms with E-state index < -0.39 is 23.6 Å². The smallest absolute Gasteiger partial charge is 0.490 e. The minimum Gasteiger partial charge on any atom is -0.490 e. The van der Waals surface area contributed by atoms with Crippen LogP contribution >= 0.6 is 0 Å². The topological polar surface area (TPSA) is 61.8 Å². The van der Waals surface area contributed by atoms with Crippen LogP contribution < -0.4 is 14.2 Å².